The van der Waals surface area contributed by atoms with E-state index < -0.39 is 5.97 Å². The van der Waals surface area contributed by atoms with Gasteiger partial charge >= 0.3 is 5.97 Å². The maximum absolute atomic E-state index is 11.9. The Bertz CT molecular complexity index is 548. The average molecular weight is 308 g/mol. The molecule has 5 heteroatoms. The molecule has 4 nitrogen and oxygen atoms in total. The zero-order valence-corrected chi connectivity index (χ0v) is 12.3. The number of halogens is 1. The van der Waals surface area contributed by atoms with Gasteiger partial charge in [-0.25, -0.2) is 0 Å². The zero-order chi connectivity index (χ0) is 15.2. The minimum atomic E-state index is -0.738. The van der Waals surface area contributed by atoms with Crippen LogP contribution in [0.25, 0.3) is 6.08 Å². The summed E-state index contributed by atoms with van der Waals surface area (Å²) in [5.74, 6) is -1.18. The number of nitrogens with one attached hydrogen (secondary N) is 1. The molecule has 1 aliphatic rings. The second-order valence-corrected chi connectivity index (χ2v) is 5.66. The Kier molecular flexibility index (Phi) is 5.39. The third-order valence-corrected chi connectivity index (χ3v) is 4.09. The van der Waals surface area contributed by atoms with E-state index in [2.05, 4.69) is 5.32 Å². The molecule has 1 aromatic rings. The minimum Gasteiger partial charge on any atom is -0.481 e. The molecule has 0 unspecified atom stereocenters. The molecule has 0 aromatic heterocycles. The third-order valence-electron chi connectivity index (χ3n) is 3.74. The van der Waals surface area contributed by atoms with Crippen LogP contribution in [-0.2, 0) is 9.59 Å². The van der Waals surface area contributed by atoms with Gasteiger partial charge in [-0.1, -0.05) is 29.8 Å². The largest absolute Gasteiger partial charge is 0.481 e. The second-order valence-electron chi connectivity index (χ2n) is 5.25. The molecule has 2 rings (SSSR count). The molecule has 1 saturated carbocycles. The van der Waals surface area contributed by atoms with Crippen LogP contribution >= 0.6 is 11.6 Å². The molecule has 0 atom stereocenters. The first-order valence-electron chi connectivity index (χ1n) is 7.02. The van der Waals surface area contributed by atoms with Crippen LogP contribution < -0.4 is 5.32 Å². The number of carbonyl (C=O) groups is 2. The van der Waals surface area contributed by atoms with Crippen molar-refractivity contribution in [1.82, 2.24) is 5.32 Å². The topological polar surface area (TPSA) is 66.4 Å². The van der Waals surface area contributed by atoms with Crippen LogP contribution in [0.2, 0.25) is 5.02 Å². The summed E-state index contributed by atoms with van der Waals surface area (Å²) < 4.78 is 0. The van der Waals surface area contributed by atoms with Crippen LogP contribution in [0.5, 0.6) is 0 Å². The van der Waals surface area contributed by atoms with Gasteiger partial charge in [-0.2, -0.15) is 0 Å². The molecule has 21 heavy (non-hydrogen) atoms. The molecule has 0 heterocycles. The highest BCUT2D eigenvalue weighted by Gasteiger charge is 2.26. The summed E-state index contributed by atoms with van der Waals surface area (Å²) in [7, 11) is 0. The molecule has 0 bridgehead atoms. The van der Waals surface area contributed by atoms with E-state index in [1.54, 1.807) is 12.1 Å². The van der Waals surface area contributed by atoms with E-state index in [0.717, 1.165) is 5.56 Å². The van der Waals surface area contributed by atoms with Crippen molar-refractivity contribution in [3.8, 4) is 0 Å². The van der Waals surface area contributed by atoms with Crippen LogP contribution in [-0.4, -0.2) is 23.0 Å². The van der Waals surface area contributed by atoms with Gasteiger partial charge in [-0.05, 0) is 43.4 Å². The van der Waals surface area contributed by atoms with Crippen LogP contribution in [0.3, 0.4) is 0 Å². The number of carboxylic acid groups (broad SMARTS) is 1. The van der Waals surface area contributed by atoms with Gasteiger partial charge in [0.15, 0.2) is 0 Å². The van der Waals surface area contributed by atoms with Gasteiger partial charge in [-0.3, -0.25) is 9.59 Å². The predicted octanol–water partition coefficient (Wildman–Crippen LogP) is 3.11. The first kappa shape index (κ1) is 15.6. The maximum Gasteiger partial charge on any atom is 0.306 e. The number of hydrogen-bond acceptors (Lipinski definition) is 2. The lowest BCUT2D eigenvalue weighted by molar-refractivity contribution is -0.142. The summed E-state index contributed by atoms with van der Waals surface area (Å²) in [5.41, 5.74) is 0.795. The first-order chi connectivity index (χ1) is 10.1. The van der Waals surface area contributed by atoms with E-state index >= 15 is 0 Å². The summed E-state index contributed by atoms with van der Waals surface area (Å²) in [6.07, 6.45) is 5.80. The molecule has 1 amide bonds. The normalized spacial score (nSPS) is 22.1. The van der Waals surface area contributed by atoms with Gasteiger partial charge in [0.05, 0.1) is 5.92 Å². The summed E-state index contributed by atoms with van der Waals surface area (Å²) in [4.78, 5) is 22.7. The molecular formula is C16H18ClNO3. The molecule has 0 saturated heterocycles. The second kappa shape index (κ2) is 7.27. The number of rotatable bonds is 4. The highest BCUT2D eigenvalue weighted by molar-refractivity contribution is 6.32. The molecule has 0 aliphatic heterocycles. The monoisotopic (exact) mass is 307 g/mol. The Morgan fingerprint density at radius 2 is 1.86 bits per heavy atom. The summed E-state index contributed by atoms with van der Waals surface area (Å²) >= 11 is 6.01. The van der Waals surface area contributed by atoms with Gasteiger partial charge in [0.2, 0.25) is 5.91 Å². The number of carbonyl (C=O) groups excluding carboxylic acids is 1. The summed E-state index contributed by atoms with van der Waals surface area (Å²) in [5, 5.41) is 12.4. The van der Waals surface area contributed by atoms with E-state index in [0.29, 0.717) is 30.7 Å². The van der Waals surface area contributed by atoms with Crippen LogP contribution in [0, 0.1) is 5.92 Å². The number of benzene rings is 1. The maximum atomic E-state index is 11.9. The Morgan fingerprint density at radius 3 is 2.48 bits per heavy atom. The number of amides is 1. The van der Waals surface area contributed by atoms with E-state index in [1.165, 1.54) is 6.08 Å². The van der Waals surface area contributed by atoms with Gasteiger partial charge in [0.25, 0.3) is 0 Å². The van der Waals surface area contributed by atoms with E-state index in [1.807, 2.05) is 18.2 Å². The fourth-order valence-electron chi connectivity index (χ4n) is 2.51. The van der Waals surface area contributed by atoms with Gasteiger partial charge in [-0.15, -0.1) is 0 Å². The molecule has 0 radical (unpaired) electrons. The van der Waals surface area contributed by atoms with Crippen LogP contribution in [0.4, 0.5) is 0 Å². The lowest BCUT2D eigenvalue weighted by atomic mass is 9.86. The number of aliphatic carboxylic acids is 1. The SMILES string of the molecule is O=C(/C=C/c1ccccc1Cl)NC1CCC(C(=O)O)CC1. The highest BCUT2D eigenvalue weighted by atomic mass is 35.5. The van der Waals surface area contributed by atoms with Crippen molar-refractivity contribution >= 4 is 29.6 Å². The average Bonchev–Trinajstić information content (AvgIpc) is 2.47. The Labute approximate surface area is 128 Å². The molecule has 1 aromatic carbocycles. The molecule has 0 spiro atoms. The molecular weight excluding hydrogens is 290 g/mol. The van der Waals surface area contributed by atoms with E-state index in [4.69, 9.17) is 16.7 Å². The minimum absolute atomic E-state index is 0.0593. The summed E-state index contributed by atoms with van der Waals surface area (Å²) in [6.45, 7) is 0. The lowest BCUT2D eigenvalue weighted by Crippen LogP contribution is -2.37. The van der Waals surface area contributed by atoms with Crippen LogP contribution in [0.1, 0.15) is 31.2 Å². The highest BCUT2D eigenvalue weighted by Crippen LogP contribution is 2.24. The van der Waals surface area contributed by atoms with E-state index in [9.17, 15) is 9.59 Å². The Morgan fingerprint density at radius 1 is 1.19 bits per heavy atom. The molecule has 2 N–H and O–H groups in total. The lowest BCUT2D eigenvalue weighted by Gasteiger charge is -2.26. The predicted molar refractivity (Wildman–Crippen MR) is 82.0 cm³/mol. The van der Waals surface area contributed by atoms with Gasteiger partial charge in [0, 0.05) is 17.1 Å². The van der Waals surface area contributed by atoms with Crippen molar-refractivity contribution in [2.24, 2.45) is 5.92 Å². The number of carboxylic acids is 1. The Hall–Kier alpha value is -1.81. The standard InChI is InChI=1S/C16H18ClNO3/c17-14-4-2-1-3-11(14)7-10-15(19)18-13-8-5-12(6-9-13)16(20)21/h1-4,7,10,12-13H,5-6,8-9H2,(H,18,19)(H,20,21)/b10-7+. The smallest absolute Gasteiger partial charge is 0.306 e. The fourth-order valence-corrected chi connectivity index (χ4v) is 2.71. The quantitative estimate of drug-likeness (QED) is 0.840. The molecule has 1 aliphatic carbocycles. The van der Waals surface area contributed by atoms with Crippen molar-refractivity contribution in [3.05, 3.63) is 40.9 Å². The molecule has 1 fully saturated rings. The molecule has 112 valence electrons. The first-order valence-corrected chi connectivity index (χ1v) is 7.40. The number of hydrogen-bond donors (Lipinski definition) is 2. The third kappa shape index (κ3) is 4.60. The van der Waals surface area contributed by atoms with Crippen molar-refractivity contribution in [2.75, 3.05) is 0 Å². The van der Waals surface area contributed by atoms with Gasteiger partial charge < -0.3 is 10.4 Å². The fraction of sp³-hybridized carbons (Fsp3) is 0.375. The van der Waals surface area contributed by atoms with Crippen LogP contribution in [0.15, 0.2) is 30.3 Å². The van der Waals surface area contributed by atoms with Crippen molar-refractivity contribution in [2.45, 2.75) is 31.7 Å². The van der Waals surface area contributed by atoms with Crippen molar-refractivity contribution in [1.29, 1.82) is 0 Å². The Balaban J connectivity index is 1.83. The van der Waals surface area contributed by atoms with Gasteiger partial charge in [0.1, 0.15) is 0 Å². The van der Waals surface area contributed by atoms with Crippen molar-refractivity contribution < 1.29 is 14.7 Å². The zero-order valence-electron chi connectivity index (χ0n) is 11.6. The van der Waals surface area contributed by atoms with Crippen molar-refractivity contribution in [3.63, 3.8) is 0 Å². The summed E-state index contributed by atoms with van der Waals surface area (Å²) in [6, 6.07) is 7.36. The van der Waals surface area contributed by atoms with E-state index in [-0.39, 0.29) is 17.9 Å².